The highest BCUT2D eigenvalue weighted by molar-refractivity contribution is 5.75. The molecule has 0 aromatic carbocycles. The predicted octanol–water partition coefficient (Wildman–Crippen LogP) is 0.601. The first-order chi connectivity index (χ1) is 3.93. The van der Waals surface area contributed by atoms with Crippen molar-refractivity contribution in [2.24, 2.45) is 0 Å². The fourth-order valence-corrected chi connectivity index (χ4v) is 0.715. The van der Waals surface area contributed by atoms with E-state index >= 15 is 0 Å². The van der Waals surface area contributed by atoms with Gasteiger partial charge in [-0.15, -0.1) is 0 Å². The van der Waals surface area contributed by atoms with Gasteiger partial charge in [0, 0.05) is 6.61 Å². The Morgan fingerprint density at radius 3 is 2.33 bits per heavy atom. The fourth-order valence-electron chi connectivity index (χ4n) is 0.715. The first kappa shape index (κ1) is 9.21. The second-order valence-electron chi connectivity index (χ2n) is 1.69. The third-order valence-electron chi connectivity index (χ3n) is 1.07. The summed E-state index contributed by atoms with van der Waals surface area (Å²) in [7, 11) is 0. The molecule has 0 aromatic rings. The van der Waals surface area contributed by atoms with Gasteiger partial charge < -0.3 is 4.74 Å². The normalized spacial score (nSPS) is 16.1. The van der Waals surface area contributed by atoms with E-state index in [1.165, 1.54) is 0 Å². The molecule has 1 aliphatic rings. The Labute approximate surface area is 71.9 Å². The molecule has 9 heavy (non-hydrogen) atoms. The van der Waals surface area contributed by atoms with E-state index in [1.54, 1.807) is 0 Å². The number of hydrogen-bond acceptors (Lipinski definition) is 1. The maximum absolute atomic E-state index is 5.23. The summed E-state index contributed by atoms with van der Waals surface area (Å²) in [5, 5.41) is 0. The van der Waals surface area contributed by atoms with E-state index in [0.717, 1.165) is 6.61 Å². The van der Waals surface area contributed by atoms with Crippen molar-refractivity contribution in [3.05, 3.63) is 24.3 Å². The molecule has 0 radical (unpaired) electrons. The molecule has 0 bridgehead atoms. The first-order valence-corrected chi connectivity index (χ1v) is 2.90. The van der Waals surface area contributed by atoms with Crippen molar-refractivity contribution in [2.45, 2.75) is 13.0 Å². The van der Waals surface area contributed by atoms with Crippen LogP contribution in [0.2, 0.25) is 0 Å². The highest BCUT2D eigenvalue weighted by Crippen LogP contribution is 2.02. The van der Waals surface area contributed by atoms with Crippen molar-refractivity contribution in [3.8, 4) is 0 Å². The van der Waals surface area contributed by atoms with E-state index in [-0.39, 0.29) is 29.2 Å². The lowest BCUT2D eigenvalue weighted by molar-refractivity contribution is 0.129. The Kier molecular flexibility index (Phi) is 5.14. The molecule has 0 amide bonds. The smallest absolute Gasteiger partial charge is 0.316 e. The van der Waals surface area contributed by atoms with Gasteiger partial charge in [0.1, 0.15) is 0 Å². The van der Waals surface area contributed by atoms with Crippen molar-refractivity contribution in [2.75, 3.05) is 6.61 Å². The third-order valence-corrected chi connectivity index (χ3v) is 1.07. The van der Waals surface area contributed by atoms with E-state index < -0.39 is 0 Å². The van der Waals surface area contributed by atoms with Gasteiger partial charge in [0.15, 0.2) is 0 Å². The van der Waals surface area contributed by atoms with E-state index in [0.29, 0.717) is 0 Å². The molecule has 0 fully saturated rings. The third kappa shape index (κ3) is 3.03. The van der Waals surface area contributed by atoms with Crippen LogP contribution in [0.1, 0.15) is 6.92 Å². The SMILES string of the molecule is CCOC1C=CC=C1.[MgH2]. The largest absolute Gasteiger partial charge is 0.370 e. The summed E-state index contributed by atoms with van der Waals surface area (Å²) in [6.45, 7) is 2.79. The molecule has 0 unspecified atom stereocenters. The zero-order valence-electron chi connectivity index (χ0n) is 5.00. The van der Waals surface area contributed by atoms with Crippen LogP contribution in [-0.4, -0.2) is 35.8 Å². The van der Waals surface area contributed by atoms with Gasteiger partial charge in [-0.05, 0) is 6.92 Å². The Morgan fingerprint density at radius 1 is 1.33 bits per heavy atom. The fraction of sp³-hybridized carbons (Fsp3) is 0.429. The van der Waals surface area contributed by atoms with Crippen LogP contribution in [0, 0.1) is 0 Å². The topological polar surface area (TPSA) is 9.23 Å². The zero-order chi connectivity index (χ0) is 5.82. The van der Waals surface area contributed by atoms with Crippen LogP contribution in [0.25, 0.3) is 0 Å². The molecule has 0 saturated heterocycles. The summed E-state index contributed by atoms with van der Waals surface area (Å²) in [5.74, 6) is 0. The highest BCUT2D eigenvalue weighted by atomic mass is 24.3. The van der Waals surface area contributed by atoms with Crippen molar-refractivity contribution in [1.82, 2.24) is 0 Å². The van der Waals surface area contributed by atoms with Gasteiger partial charge in [-0.1, -0.05) is 24.3 Å². The Balaban J connectivity index is 0.000000640. The van der Waals surface area contributed by atoms with Crippen LogP contribution in [0.4, 0.5) is 0 Å². The quantitative estimate of drug-likeness (QED) is 0.505. The van der Waals surface area contributed by atoms with Crippen LogP contribution in [0.3, 0.4) is 0 Å². The average molecular weight is 136 g/mol. The summed E-state index contributed by atoms with van der Waals surface area (Å²) in [4.78, 5) is 0. The van der Waals surface area contributed by atoms with Crippen LogP contribution < -0.4 is 0 Å². The van der Waals surface area contributed by atoms with Gasteiger partial charge >= 0.3 is 23.1 Å². The summed E-state index contributed by atoms with van der Waals surface area (Å²) >= 11 is 0. The van der Waals surface area contributed by atoms with Gasteiger partial charge in [0.2, 0.25) is 0 Å². The van der Waals surface area contributed by atoms with Gasteiger partial charge in [-0.2, -0.15) is 0 Å². The first-order valence-electron chi connectivity index (χ1n) is 2.90. The molecular weight excluding hydrogens is 124 g/mol. The molecular formula is C7H12MgO. The number of rotatable bonds is 2. The summed E-state index contributed by atoms with van der Waals surface area (Å²) < 4.78 is 5.23. The van der Waals surface area contributed by atoms with Crippen LogP contribution in [0.15, 0.2) is 24.3 Å². The van der Waals surface area contributed by atoms with E-state index in [2.05, 4.69) is 0 Å². The van der Waals surface area contributed by atoms with Gasteiger partial charge in [0.05, 0.1) is 6.10 Å². The minimum atomic E-state index is 0. The van der Waals surface area contributed by atoms with E-state index in [1.807, 2.05) is 31.2 Å². The monoisotopic (exact) mass is 136 g/mol. The standard InChI is InChI=1S/C7H10O.Mg.2H/c1-2-8-7-5-3-4-6-7;;;/h3-7H,2H2,1H3;;;. The number of allylic oxidation sites excluding steroid dienone is 2. The minimum absolute atomic E-state index is 0. The molecule has 0 aliphatic heterocycles. The maximum atomic E-state index is 5.23. The van der Waals surface area contributed by atoms with Crippen molar-refractivity contribution < 1.29 is 4.74 Å². The lowest BCUT2D eigenvalue weighted by atomic mass is 10.4. The number of hydrogen-bond donors (Lipinski definition) is 0. The molecule has 0 atom stereocenters. The van der Waals surface area contributed by atoms with Crippen molar-refractivity contribution >= 4 is 23.1 Å². The second kappa shape index (κ2) is 5.03. The lowest BCUT2D eigenvalue weighted by Crippen LogP contribution is -2.02. The van der Waals surface area contributed by atoms with Crippen LogP contribution >= 0.6 is 0 Å². The maximum Gasteiger partial charge on any atom is 0.316 e. The minimum Gasteiger partial charge on any atom is -0.370 e. The van der Waals surface area contributed by atoms with Crippen molar-refractivity contribution in [1.29, 1.82) is 0 Å². The molecule has 0 N–H and O–H groups in total. The van der Waals surface area contributed by atoms with Gasteiger partial charge in [-0.3, -0.25) is 0 Å². The summed E-state index contributed by atoms with van der Waals surface area (Å²) in [6, 6.07) is 0. The van der Waals surface area contributed by atoms with Gasteiger partial charge in [-0.25, -0.2) is 0 Å². The molecule has 1 nitrogen and oxygen atoms in total. The molecule has 48 valence electrons. The Hall–Kier alpha value is 0.206. The summed E-state index contributed by atoms with van der Waals surface area (Å²) in [5.41, 5.74) is 0. The van der Waals surface area contributed by atoms with Crippen LogP contribution in [-0.2, 0) is 4.74 Å². The molecule has 0 spiro atoms. The second-order valence-corrected chi connectivity index (χ2v) is 1.69. The summed E-state index contributed by atoms with van der Waals surface area (Å²) in [6.07, 6.45) is 8.31. The Morgan fingerprint density at radius 2 is 1.89 bits per heavy atom. The molecule has 2 heteroatoms. The molecule has 0 saturated carbocycles. The lowest BCUT2D eigenvalue weighted by Gasteiger charge is -2.02. The Bertz CT molecular complexity index is 106. The predicted molar refractivity (Wildman–Crippen MR) is 42.2 cm³/mol. The number of ether oxygens (including phenoxy) is 1. The van der Waals surface area contributed by atoms with Crippen LogP contribution in [0.5, 0.6) is 0 Å². The zero-order valence-corrected chi connectivity index (χ0v) is 5.00. The molecule has 0 aromatic heterocycles. The van der Waals surface area contributed by atoms with Crippen molar-refractivity contribution in [3.63, 3.8) is 0 Å². The van der Waals surface area contributed by atoms with E-state index in [4.69, 9.17) is 4.74 Å². The molecule has 1 aliphatic carbocycles. The van der Waals surface area contributed by atoms with E-state index in [9.17, 15) is 0 Å². The average Bonchev–Trinajstić information content (AvgIpc) is 2.19. The highest BCUT2D eigenvalue weighted by Gasteiger charge is 1.99. The molecule has 0 heterocycles. The molecule has 1 rings (SSSR count). The van der Waals surface area contributed by atoms with Gasteiger partial charge in [0.25, 0.3) is 0 Å².